The zero-order valence-corrected chi connectivity index (χ0v) is 22.5. The first kappa shape index (κ1) is 26.6. The van der Waals surface area contributed by atoms with E-state index in [9.17, 15) is 18.0 Å². The molecule has 2 amide bonds. The van der Waals surface area contributed by atoms with Crippen LogP contribution in [0.1, 0.15) is 62.4 Å². The van der Waals surface area contributed by atoms with Gasteiger partial charge in [0.1, 0.15) is 6.04 Å². The fourth-order valence-electron chi connectivity index (χ4n) is 4.56. The fraction of sp³-hybridized carbons (Fsp3) is 0.481. The molecule has 0 radical (unpaired) electrons. The lowest BCUT2D eigenvalue weighted by Gasteiger charge is -2.35. The summed E-state index contributed by atoms with van der Waals surface area (Å²) in [6.07, 6.45) is 3.20. The third-order valence-electron chi connectivity index (χ3n) is 7.06. The Bertz CT molecular complexity index is 1200. The van der Waals surface area contributed by atoms with Gasteiger partial charge in [-0.25, -0.2) is 8.42 Å². The number of carbonyl (C=O) groups is 2. The second kappa shape index (κ2) is 10.5. The Morgan fingerprint density at radius 2 is 1.69 bits per heavy atom. The van der Waals surface area contributed by atoms with Gasteiger partial charge in [0.05, 0.1) is 4.90 Å². The molecule has 2 aliphatic rings. The molecule has 2 aromatic carbocycles. The molecule has 1 saturated carbocycles. The predicted octanol–water partition coefficient (Wildman–Crippen LogP) is 4.36. The van der Waals surface area contributed by atoms with Crippen molar-refractivity contribution in [1.29, 1.82) is 0 Å². The van der Waals surface area contributed by atoms with Gasteiger partial charge in [-0.3, -0.25) is 9.59 Å². The average molecular weight is 532 g/mol. The second-order valence-electron chi connectivity index (χ2n) is 10.8. The van der Waals surface area contributed by atoms with E-state index in [2.05, 4.69) is 31.4 Å². The predicted molar refractivity (Wildman–Crippen MR) is 140 cm³/mol. The maximum atomic E-state index is 13.9. The van der Waals surface area contributed by atoms with E-state index >= 15 is 0 Å². The van der Waals surface area contributed by atoms with Crippen molar-refractivity contribution in [2.24, 2.45) is 11.3 Å². The molecule has 36 heavy (non-hydrogen) atoms. The van der Waals surface area contributed by atoms with E-state index in [0.717, 1.165) is 19.3 Å². The molecule has 2 unspecified atom stereocenters. The zero-order valence-electron chi connectivity index (χ0n) is 21.0. The minimum Gasteiger partial charge on any atom is -0.355 e. The van der Waals surface area contributed by atoms with Crippen molar-refractivity contribution in [3.8, 4) is 0 Å². The molecule has 0 aromatic heterocycles. The molecule has 0 spiro atoms. The molecule has 1 aliphatic carbocycles. The number of amides is 2. The minimum atomic E-state index is -4.03. The monoisotopic (exact) mass is 531 g/mol. The lowest BCUT2D eigenvalue weighted by molar-refractivity contribution is -0.124. The molecule has 9 heteroatoms. The van der Waals surface area contributed by atoms with Gasteiger partial charge >= 0.3 is 0 Å². The summed E-state index contributed by atoms with van der Waals surface area (Å²) in [5.41, 5.74) is 1.13. The Labute approximate surface area is 218 Å². The number of nitrogens with zero attached hydrogens (tertiary/aromatic N) is 1. The third-order valence-corrected chi connectivity index (χ3v) is 9.18. The molecule has 4 rings (SSSR count). The smallest absolute Gasteiger partial charge is 0.251 e. The molecule has 1 heterocycles. The molecule has 2 N–H and O–H groups in total. The number of benzene rings is 2. The number of carbonyl (C=O) groups excluding carboxylic acids is 2. The van der Waals surface area contributed by atoms with Crippen LogP contribution in [0, 0.1) is 11.3 Å². The lowest BCUT2D eigenvalue weighted by atomic mass is 9.76. The maximum Gasteiger partial charge on any atom is 0.251 e. The van der Waals surface area contributed by atoms with Crippen LogP contribution in [0.4, 0.5) is 0 Å². The number of hydrogen-bond acceptors (Lipinski definition) is 4. The molecule has 194 valence electrons. The average Bonchev–Trinajstić information content (AvgIpc) is 3.65. The molecule has 0 bridgehead atoms. The summed E-state index contributed by atoms with van der Waals surface area (Å²) in [6.45, 7) is 6.87. The first-order valence-corrected chi connectivity index (χ1v) is 14.2. The lowest BCUT2D eigenvalue weighted by Crippen LogP contribution is -2.49. The molecular formula is C27H34ClN3O4S. The standard InChI is InChI=1S/C27H34ClN3O4S/c1-27(2,3)20-14-15-29-26(33)24(16-20)31(36(34,35)23-12-8-21(28)9-13-23)17-18-4-6-19(7-5-18)25(32)30-22-10-11-22/h4-9,12-13,20,22,24H,10-11,14-17H2,1-3H3,(H,29,33)(H,30,32). The van der Waals surface area contributed by atoms with E-state index in [1.165, 1.54) is 28.6 Å². The van der Waals surface area contributed by atoms with Crippen LogP contribution in [0.3, 0.4) is 0 Å². The van der Waals surface area contributed by atoms with Crippen molar-refractivity contribution in [3.63, 3.8) is 0 Å². The Morgan fingerprint density at radius 3 is 2.28 bits per heavy atom. The van der Waals surface area contributed by atoms with E-state index in [1.54, 1.807) is 24.3 Å². The molecular weight excluding hydrogens is 498 g/mol. The van der Waals surface area contributed by atoms with Crippen molar-refractivity contribution in [2.45, 2.75) is 70.0 Å². The SMILES string of the molecule is CC(C)(C)C1CCNC(=O)C(N(Cc2ccc(C(=O)NC3CC3)cc2)S(=O)(=O)c2ccc(Cl)cc2)C1. The Kier molecular flexibility index (Phi) is 7.78. The highest BCUT2D eigenvalue weighted by molar-refractivity contribution is 7.89. The number of hydrogen-bond donors (Lipinski definition) is 2. The first-order chi connectivity index (χ1) is 16.9. The normalized spacial score (nSPS) is 21.1. The molecule has 1 aliphatic heterocycles. The largest absolute Gasteiger partial charge is 0.355 e. The van der Waals surface area contributed by atoms with Gasteiger partial charge in [0.15, 0.2) is 0 Å². The maximum absolute atomic E-state index is 13.9. The van der Waals surface area contributed by atoms with Gasteiger partial charge in [-0.05, 0) is 79.0 Å². The van der Waals surface area contributed by atoms with E-state index in [-0.39, 0.29) is 40.6 Å². The summed E-state index contributed by atoms with van der Waals surface area (Å²) in [4.78, 5) is 25.7. The zero-order chi connectivity index (χ0) is 26.1. The van der Waals surface area contributed by atoms with Crippen molar-refractivity contribution in [2.75, 3.05) is 6.54 Å². The highest BCUT2D eigenvalue weighted by atomic mass is 35.5. The number of nitrogens with one attached hydrogen (secondary N) is 2. The summed E-state index contributed by atoms with van der Waals surface area (Å²) in [7, 11) is -4.03. The topological polar surface area (TPSA) is 95.6 Å². The van der Waals surface area contributed by atoms with Gasteiger partial charge < -0.3 is 10.6 Å². The van der Waals surface area contributed by atoms with Gasteiger partial charge in [-0.2, -0.15) is 4.31 Å². The summed E-state index contributed by atoms with van der Waals surface area (Å²) >= 11 is 6.00. The van der Waals surface area contributed by atoms with Crippen LogP contribution in [0.2, 0.25) is 5.02 Å². The minimum absolute atomic E-state index is 0.00440. The summed E-state index contributed by atoms with van der Waals surface area (Å²) in [6, 6.07) is 12.3. The Balaban J connectivity index is 1.67. The number of halogens is 1. The van der Waals surface area contributed by atoms with Crippen LogP contribution in [0.5, 0.6) is 0 Å². The van der Waals surface area contributed by atoms with Crippen LogP contribution >= 0.6 is 11.6 Å². The van der Waals surface area contributed by atoms with Crippen LogP contribution < -0.4 is 10.6 Å². The van der Waals surface area contributed by atoms with E-state index in [4.69, 9.17) is 11.6 Å². The van der Waals surface area contributed by atoms with Gasteiger partial charge in [0.25, 0.3) is 5.91 Å². The quantitative estimate of drug-likeness (QED) is 0.554. The van der Waals surface area contributed by atoms with E-state index < -0.39 is 16.1 Å². The van der Waals surface area contributed by atoms with Gasteiger partial charge in [0.2, 0.25) is 15.9 Å². The van der Waals surface area contributed by atoms with Gasteiger partial charge in [0, 0.05) is 29.7 Å². The molecule has 1 saturated heterocycles. The van der Waals surface area contributed by atoms with Crippen molar-refractivity contribution in [1.82, 2.24) is 14.9 Å². The van der Waals surface area contributed by atoms with Crippen LogP contribution in [0.25, 0.3) is 0 Å². The van der Waals surface area contributed by atoms with Crippen LogP contribution in [-0.4, -0.2) is 43.2 Å². The van der Waals surface area contributed by atoms with E-state index in [1.807, 2.05) is 0 Å². The summed E-state index contributed by atoms with van der Waals surface area (Å²) in [5, 5.41) is 6.31. The van der Waals surface area contributed by atoms with Crippen molar-refractivity contribution in [3.05, 3.63) is 64.7 Å². The highest BCUT2D eigenvalue weighted by Crippen LogP contribution is 2.36. The van der Waals surface area contributed by atoms with Crippen molar-refractivity contribution >= 4 is 33.4 Å². The van der Waals surface area contributed by atoms with Gasteiger partial charge in [-0.1, -0.05) is 44.5 Å². The number of rotatable bonds is 7. The molecule has 2 fully saturated rings. The molecule has 7 nitrogen and oxygen atoms in total. The van der Waals surface area contributed by atoms with Crippen molar-refractivity contribution < 1.29 is 18.0 Å². The highest BCUT2D eigenvalue weighted by Gasteiger charge is 2.41. The second-order valence-corrected chi connectivity index (χ2v) is 13.2. The molecule has 2 aromatic rings. The molecule has 2 atom stereocenters. The fourth-order valence-corrected chi connectivity index (χ4v) is 6.27. The Hall–Kier alpha value is -2.42. The first-order valence-electron chi connectivity index (χ1n) is 12.4. The summed E-state index contributed by atoms with van der Waals surface area (Å²) in [5.74, 6) is -0.275. The van der Waals surface area contributed by atoms with E-state index in [0.29, 0.717) is 29.1 Å². The summed E-state index contributed by atoms with van der Waals surface area (Å²) < 4.78 is 29.1. The van der Waals surface area contributed by atoms with Gasteiger partial charge in [-0.15, -0.1) is 0 Å². The van der Waals surface area contributed by atoms with Crippen LogP contribution in [0.15, 0.2) is 53.4 Å². The third kappa shape index (κ3) is 6.28. The Morgan fingerprint density at radius 1 is 1.06 bits per heavy atom. The van der Waals surface area contributed by atoms with Crippen LogP contribution in [-0.2, 0) is 21.4 Å². The number of sulfonamides is 1.